The lowest BCUT2D eigenvalue weighted by molar-refractivity contribution is 0.563. The first-order valence-corrected chi connectivity index (χ1v) is 2.68. The number of nitrogens with one attached hydrogen (secondary N) is 1. The zero-order valence-electron chi connectivity index (χ0n) is 5.13. The monoisotopic (exact) mass is 135 g/mol. The van der Waals surface area contributed by atoms with Gasteiger partial charge in [0.25, 0.3) is 0 Å². The molecule has 0 aliphatic carbocycles. The molecule has 2 aromatic rings. The predicted molar refractivity (Wildman–Crippen MR) is 35.8 cm³/mol. The fraction of sp³-hybridized carbons (Fsp3) is 0. The summed E-state index contributed by atoms with van der Waals surface area (Å²) in [7, 11) is 0. The summed E-state index contributed by atoms with van der Waals surface area (Å²) in [5.74, 6) is 0. The molecule has 3 heteroatoms. The molecule has 0 spiro atoms. The summed E-state index contributed by atoms with van der Waals surface area (Å²) in [6.45, 7) is 0. The third-order valence-corrected chi connectivity index (χ3v) is 1.06. The lowest BCUT2D eigenvalue weighted by Crippen LogP contribution is -1.43. The molecule has 0 amide bonds. The van der Waals surface area contributed by atoms with E-state index in [0.29, 0.717) is 0 Å². The van der Waals surface area contributed by atoms with Gasteiger partial charge in [-0.1, -0.05) is 0 Å². The summed E-state index contributed by atoms with van der Waals surface area (Å²) in [5.41, 5.74) is 1.94. The van der Waals surface area contributed by atoms with Crippen LogP contribution < -0.4 is 0 Å². The van der Waals surface area contributed by atoms with E-state index in [4.69, 9.17) is 14.6 Å². The van der Waals surface area contributed by atoms with Crippen molar-refractivity contribution in [1.82, 2.24) is 0 Å². The van der Waals surface area contributed by atoms with E-state index in [2.05, 4.69) is 0 Å². The van der Waals surface area contributed by atoms with Crippen molar-refractivity contribution in [3.05, 3.63) is 24.3 Å². The second kappa shape index (κ2) is 2.80. The predicted octanol–water partition coefficient (Wildman–Crippen LogP) is 1.77. The first kappa shape index (κ1) is 6.52. The minimum atomic E-state index is 0.750. The Bertz CT molecular complexity index is 275. The Kier molecular flexibility index (Phi) is 1.83. The summed E-state index contributed by atoms with van der Waals surface area (Å²) in [6.07, 6.45) is 0.750. The Hall–Kier alpha value is -1.60. The maximum atomic E-state index is 8.35. The normalized spacial score (nSPS) is 8.40. The second-order valence-corrected chi connectivity index (χ2v) is 1.68. The molecular formula is C7H5NO2. The molecule has 2 aromatic heterocycles. The van der Waals surface area contributed by atoms with Crippen molar-refractivity contribution in [2.24, 2.45) is 0 Å². The van der Waals surface area contributed by atoms with Crippen molar-refractivity contribution in [3.63, 3.8) is 0 Å². The first-order valence-electron chi connectivity index (χ1n) is 2.68. The molecule has 0 aliphatic rings. The molecular weight excluding hydrogens is 130 g/mol. The van der Waals surface area contributed by atoms with Gasteiger partial charge in [-0.15, -0.1) is 0 Å². The van der Waals surface area contributed by atoms with Crippen LogP contribution in [0.5, 0.6) is 0 Å². The smallest absolute Gasteiger partial charge is 0.231 e. The van der Waals surface area contributed by atoms with Crippen LogP contribution in [0.2, 0.25) is 0 Å². The van der Waals surface area contributed by atoms with Crippen LogP contribution in [0.1, 0.15) is 0 Å². The van der Waals surface area contributed by atoms with Crippen molar-refractivity contribution in [2.45, 2.75) is 0 Å². The molecule has 1 N–H and O–H groups in total. The summed E-state index contributed by atoms with van der Waals surface area (Å²) >= 11 is 0. The maximum absolute atomic E-state index is 8.35. The Labute approximate surface area is 57.1 Å². The highest BCUT2D eigenvalue weighted by Crippen LogP contribution is 2.13. The molecule has 10 heavy (non-hydrogen) atoms. The molecule has 0 aromatic carbocycles. The van der Waals surface area contributed by atoms with Crippen LogP contribution in [-0.4, -0.2) is 6.08 Å². The number of carbonyl (C=O) groups excluding carboxylic acids is 1. The van der Waals surface area contributed by atoms with Crippen LogP contribution in [0.25, 0.3) is 11.2 Å². The Balaban J connectivity index is 0.000000148. The fourth-order valence-corrected chi connectivity index (χ4v) is 0.712. The van der Waals surface area contributed by atoms with Gasteiger partial charge in [0.15, 0.2) is 0 Å². The number of fused-ring (bicyclic) bond motifs is 2. The second-order valence-electron chi connectivity index (χ2n) is 1.68. The van der Waals surface area contributed by atoms with E-state index >= 15 is 0 Å². The molecule has 2 rings (SSSR count). The zero-order valence-corrected chi connectivity index (χ0v) is 5.13. The van der Waals surface area contributed by atoms with Crippen LogP contribution in [-0.2, 0) is 4.79 Å². The lowest BCUT2D eigenvalue weighted by atomic mass is 10.4. The third-order valence-electron chi connectivity index (χ3n) is 1.06. The molecule has 0 atom stereocenters. The van der Waals surface area contributed by atoms with Gasteiger partial charge in [-0.3, -0.25) is 0 Å². The Morgan fingerprint density at radius 3 is 1.60 bits per heavy atom. The van der Waals surface area contributed by atoms with Gasteiger partial charge in [0.05, 0.1) is 0 Å². The molecule has 0 radical (unpaired) electrons. The number of rotatable bonds is 0. The molecule has 0 unspecified atom stereocenters. The number of furan rings is 2. The number of hydrogen-bond acceptors (Lipinski definition) is 3. The van der Waals surface area contributed by atoms with Crippen molar-refractivity contribution in [3.8, 4) is 0 Å². The minimum absolute atomic E-state index is 0.750. The molecule has 0 saturated carbocycles. The molecule has 0 fully saturated rings. The van der Waals surface area contributed by atoms with E-state index in [0.717, 1.165) is 17.2 Å². The number of isocyanates is 1. The fourth-order valence-electron chi connectivity index (χ4n) is 0.712. The van der Waals surface area contributed by atoms with Gasteiger partial charge in [-0.2, -0.15) is 0 Å². The van der Waals surface area contributed by atoms with Gasteiger partial charge in [0.2, 0.25) is 6.08 Å². The molecule has 50 valence electrons. The average Bonchev–Trinajstić information content (AvgIpc) is 2.49. The standard InChI is InChI=1S/C6H4O.CHNO/c1-2-6-4-3-5(1)7-6;2-1-3/h1-4H;2H. The highest BCUT2D eigenvalue weighted by molar-refractivity contribution is 5.59. The van der Waals surface area contributed by atoms with E-state index in [1.165, 1.54) is 0 Å². The van der Waals surface area contributed by atoms with E-state index < -0.39 is 0 Å². The quantitative estimate of drug-likeness (QED) is 0.442. The van der Waals surface area contributed by atoms with E-state index in [1.807, 2.05) is 24.3 Å². The first-order chi connectivity index (χ1) is 4.86. The Morgan fingerprint density at radius 1 is 1.20 bits per heavy atom. The molecule has 0 saturated heterocycles. The van der Waals surface area contributed by atoms with Crippen molar-refractivity contribution < 1.29 is 9.21 Å². The number of benzene rings is 1. The van der Waals surface area contributed by atoms with Gasteiger partial charge >= 0.3 is 0 Å². The highest BCUT2D eigenvalue weighted by Gasteiger charge is 1.91. The van der Waals surface area contributed by atoms with Crippen molar-refractivity contribution >= 4 is 17.2 Å². The maximum Gasteiger partial charge on any atom is 0.231 e. The van der Waals surface area contributed by atoms with Crippen LogP contribution in [0.4, 0.5) is 0 Å². The summed E-state index contributed by atoms with van der Waals surface area (Å²) in [5, 5.41) is 5.40. The van der Waals surface area contributed by atoms with Crippen LogP contribution in [0.15, 0.2) is 28.7 Å². The van der Waals surface area contributed by atoms with Crippen LogP contribution >= 0.6 is 0 Å². The van der Waals surface area contributed by atoms with E-state index in [9.17, 15) is 0 Å². The molecule has 0 aliphatic heterocycles. The molecule has 3 nitrogen and oxygen atoms in total. The summed E-state index contributed by atoms with van der Waals surface area (Å²) < 4.78 is 5.08. The summed E-state index contributed by atoms with van der Waals surface area (Å²) in [6, 6.07) is 7.81. The Morgan fingerprint density at radius 2 is 1.50 bits per heavy atom. The molecule has 2 heterocycles. The molecule has 2 bridgehead atoms. The SMILES string of the molecule is N=C=O.c1cc2ccc1o2. The third kappa shape index (κ3) is 1.21. The average molecular weight is 135 g/mol. The lowest BCUT2D eigenvalue weighted by Gasteiger charge is -1.60. The van der Waals surface area contributed by atoms with Gasteiger partial charge in [-0.25, -0.2) is 10.2 Å². The van der Waals surface area contributed by atoms with Crippen molar-refractivity contribution in [1.29, 1.82) is 5.41 Å². The van der Waals surface area contributed by atoms with Gasteiger partial charge in [0, 0.05) is 0 Å². The van der Waals surface area contributed by atoms with Gasteiger partial charge in [-0.05, 0) is 24.3 Å². The van der Waals surface area contributed by atoms with Gasteiger partial charge < -0.3 is 4.42 Å². The van der Waals surface area contributed by atoms with E-state index in [-0.39, 0.29) is 0 Å². The van der Waals surface area contributed by atoms with Crippen molar-refractivity contribution in [2.75, 3.05) is 0 Å². The van der Waals surface area contributed by atoms with Crippen LogP contribution in [0, 0.1) is 5.41 Å². The topological polar surface area (TPSA) is 54.1 Å². The largest absolute Gasteiger partial charge is 0.457 e. The van der Waals surface area contributed by atoms with E-state index in [1.54, 1.807) is 0 Å². The highest BCUT2D eigenvalue weighted by atomic mass is 16.3. The summed E-state index contributed by atoms with van der Waals surface area (Å²) in [4.78, 5) is 8.35. The van der Waals surface area contributed by atoms with Gasteiger partial charge in [0.1, 0.15) is 11.2 Å². The zero-order chi connectivity index (χ0) is 7.40. The number of hydrogen-bond donors (Lipinski definition) is 1. The minimum Gasteiger partial charge on any atom is -0.457 e. The van der Waals surface area contributed by atoms with Crippen LogP contribution in [0.3, 0.4) is 0 Å².